The van der Waals surface area contributed by atoms with Gasteiger partial charge in [-0.25, -0.2) is 0 Å². The minimum absolute atomic E-state index is 0.499. The standard InChI is InChI=1S/C17H30N2O/c1-6-9-16(18-3)13-19(4)14(2)12-15-10-7-8-11-17(15)20-5/h7-8,10-11,14,16,18H,6,9,12-13H2,1-5H3. The molecule has 3 nitrogen and oxygen atoms in total. The molecule has 0 saturated carbocycles. The number of hydrogen-bond acceptors (Lipinski definition) is 3. The highest BCUT2D eigenvalue weighted by molar-refractivity contribution is 5.33. The summed E-state index contributed by atoms with van der Waals surface area (Å²) in [7, 11) is 6.00. The lowest BCUT2D eigenvalue weighted by atomic mass is 10.0. The Balaban J connectivity index is 2.58. The van der Waals surface area contributed by atoms with Crippen molar-refractivity contribution in [1.29, 1.82) is 0 Å². The van der Waals surface area contributed by atoms with E-state index in [0.29, 0.717) is 12.1 Å². The van der Waals surface area contributed by atoms with E-state index >= 15 is 0 Å². The van der Waals surface area contributed by atoms with Gasteiger partial charge in [-0.2, -0.15) is 0 Å². The zero-order valence-corrected chi connectivity index (χ0v) is 13.6. The molecule has 1 N–H and O–H groups in total. The van der Waals surface area contributed by atoms with Gasteiger partial charge in [0.25, 0.3) is 0 Å². The van der Waals surface area contributed by atoms with Crippen LogP contribution in [-0.2, 0) is 6.42 Å². The lowest BCUT2D eigenvalue weighted by molar-refractivity contribution is 0.225. The van der Waals surface area contributed by atoms with Gasteiger partial charge in [0.15, 0.2) is 0 Å². The molecule has 0 spiro atoms. The highest BCUT2D eigenvalue weighted by atomic mass is 16.5. The van der Waals surface area contributed by atoms with Crippen molar-refractivity contribution in [3.05, 3.63) is 29.8 Å². The van der Waals surface area contributed by atoms with Crippen LogP contribution in [0.25, 0.3) is 0 Å². The van der Waals surface area contributed by atoms with E-state index in [4.69, 9.17) is 4.74 Å². The summed E-state index contributed by atoms with van der Waals surface area (Å²) in [6.45, 7) is 5.61. The van der Waals surface area contributed by atoms with Crippen LogP contribution in [0.4, 0.5) is 0 Å². The highest BCUT2D eigenvalue weighted by Crippen LogP contribution is 2.20. The maximum atomic E-state index is 5.44. The molecule has 1 rings (SSSR count). The van der Waals surface area contributed by atoms with Crippen LogP contribution in [0.2, 0.25) is 0 Å². The quantitative estimate of drug-likeness (QED) is 0.751. The van der Waals surface area contributed by atoms with Crippen LogP contribution in [0, 0.1) is 0 Å². The molecule has 0 aliphatic heterocycles. The molecule has 0 aliphatic carbocycles. The van der Waals surface area contributed by atoms with Crippen molar-refractivity contribution in [2.75, 3.05) is 27.7 Å². The van der Waals surface area contributed by atoms with E-state index in [0.717, 1.165) is 18.7 Å². The topological polar surface area (TPSA) is 24.5 Å². The predicted molar refractivity (Wildman–Crippen MR) is 86.5 cm³/mol. The summed E-state index contributed by atoms with van der Waals surface area (Å²) in [6, 6.07) is 9.37. The van der Waals surface area contributed by atoms with E-state index < -0.39 is 0 Å². The van der Waals surface area contributed by atoms with Gasteiger partial charge in [-0.05, 0) is 45.5 Å². The Morgan fingerprint density at radius 2 is 2.00 bits per heavy atom. The van der Waals surface area contributed by atoms with Crippen LogP contribution in [0.3, 0.4) is 0 Å². The summed E-state index contributed by atoms with van der Waals surface area (Å²) in [5.74, 6) is 0.992. The van der Waals surface area contributed by atoms with Crippen LogP contribution in [-0.4, -0.2) is 44.7 Å². The molecule has 0 aromatic heterocycles. The van der Waals surface area contributed by atoms with Gasteiger partial charge in [-0.3, -0.25) is 0 Å². The molecule has 3 heteroatoms. The zero-order chi connectivity index (χ0) is 15.0. The van der Waals surface area contributed by atoms with E-state index in [1.807, 2.05) is 12.1 Å². The van der Waals surface area contributed by atoms with Gasteiger partial charge in [0, 0.05) is 18.6 Å². The van der Waals surface area contributed by atoms with Crippen molar-refractivity contribution in [3.63, 3.8) is 0 Å². The van der Waals surface area contributed by atoms with Crippen molar-refractivity contribution in [1.82, 2.24) is 10.2 Å². The Kier molecular flexibility index (Phi) is 7.63. The maximum absolute atomic E-state index is 5.44. The molecular weight excluding hydrogens is 248 g/mol. The molecule has 0 bridgehead atoms. The number of para-hydroxylation sites is 1. The van der Waals surface area contributed by atoms with Gasteiger partial charge >= 0.3 is 0 Å². The van der Waals surface area contributed by atoms with Crippen molar-refractivity contribution < 1.29 is 4.74 Å². The Labute approximate surface area is 124 Å². The third-order valence-electron chi connectivity index (χ3n) is 4.01. The minimum Gasteiger partial charge on any atom is -0.496 e. The van der Waals surface area contributed by atoms with Crippen LogP contribution in [0.15, 0.2) is 24.3 Å². The number of likely N-dealkylation sites (N-methyl/N-ethyl adjacent to an activating group) is 2. The number of hydrogen-bond donors (Lipinski definition) is 1. The van der Waals surface area contributed by atoms with E-state index in [9.17, 15) is 0 Å². The molecule has 1 aromatic rings. The molecule has 0 fully saturated rings. The Hall–Kier alpha value is -1.06. The molecule has 0 saturated heterocycles. The molecule has 0 heterocycles. The monoisotopic (exact) mass is 278 g/mol. The van der Waals surface area contributed by atoms with Crippen molar-refractivity contribution in [2.24, 2.45) is 0 Å². The van der Waals surface area contributed by atoms with Crippen LogP contribution in [0.5, 0.6) is 5.75 Å². The molecule has 1 aromatic carbocycles. The van der Waals surface area contributed by atoms with Gasteiger partial charge in [0.1, 0.15) is 5.75 Å². The normalized spacial score (nSPS) is 14.3. The molecule has 0 radical (unpaired) electrons. The molecule has 2 unspecified atom stereocenters. The number of ether oxygens (including phenoxy) is 1. The van der Waals surface area contributed by atoms with E-state index in [1.54, 1.807) is 7.11 Å². The third kappa shape index (κ3) is 5.14. The first kappa shape index (κ1) is 17.0. The molecule has 20 heavy (non-hydrogen) atoms. The SMILES string of the molecule is CCCC(CN(C)C(C)Cc1ccccc1OC)NC. The summed E-state index contributed by atoms with van der Waals surface area (Å²) in [6.07, 6.45) is 3.46. The summed E-state index contributed by atoms with van der Waals surface area (Å²) < 4.78 is 5.44. The van der Waals surface area contributed by atoms with Gasteiger partial charge in [0.2, 0.25) is 0 Å². The average Bonchev–Trinajstić information content (AvgIpc) is 2.47. The maximum Gasteiger partial charge on any atom is 0.122 e. The summed E-state index contributed by atoms with van der Waals surface area (Å²) >= 11 is 0. The number of rotatable bonds is 9. The van der Waals surface area contributed by atoms with Crippen molar-refractivity contribution in [2.45, 2.75) is 45.2 Å². The van der Waals surface area contributed by atoms with Gasteiger partial charge in [0.05, 0.1) is 7.11 Å². The van der Waals surface area contributed by atoms with Crippen LogP contribution >= 0.6 is 0 Å². The summed E-state index contributed by atoms with van der Waals surface area (Å²) in [5, 5.41) is 3.41. The molecule has 114 valence electrons. The Morgan fingerprint density at radius 3 is 2.60 bits per heavy atom. The zero-order valence-electron chi connectivity index (χ0n) is 13.6. The second kappa shape index (κ2) is 8.98. The van der Waals surface area contributed by atoms with E-state index in [1.165, 1.54) is 18.4 Å². The second-order valence-electron chi connectivity index (χ2n) is 5.58. The first-order chi connectivity index (χ1) is 9.62. The van der Waals surface area contributed by atoms with E-state index in [-0.39, 0.29) is 0 Å². The van der Waals surface area contributed by atoms with Crippen molar-refractivity contribution in [3.8, 4) is 5.75 Å². The number of nitrogens with zero attached hydrogens (tertiary/aromatic N) is 1. The number of methoxy groups -OCH3 is 1. The van der Waals surface area contributed by atoms with Crippen LogP contribution < -0.4 is 10.1 Å². The summed E-state index contributed by atoms with van der Waals surface area (Å²) in [4.78, 5) is 2.43. The highest BCUT2D eigenvalue weighted by Gasteiger charge is 2.15. The fourth-order valence-corrected chi connectivity index (χ4v) is 2.55. The molecule has 2 atom stereocenters. The Morgan fingerprint density at radius 1 is 1.30 bits per heavy atom. The smallest absolute Gasteiger partial charge is 0.122 e. The minimum atomic E-state index is 0.499. The largest absolute Gasteiger partial charge is 0.496 e. The lowest BCUT2D eigenvalue weighted by Gasteiger charge is -2.29. The van der Waals surface area contributed by atoms with Gasteiger partial charge < -0.3 is 15.0 Å². The van der Waals surface area contributed by atoms with E-state index in [2.05, 4.69) is 50.3 Å². The van der Waals surface area contributed by atoms with Gasteiger partial charge in [-0.1, -0.05) is 31.5 Å². The van der Waals surface area contributed by atoms with Crippen molar-refractivity contribution >= 4 is 0 Å². The van der Waals surface area contributed by atoms with Crippen LogP contribution in [0.1, 0.15) is 32.3 Å². The number of benzene rings is 1. The second-order valence-corrected chi connectivity index (χ2v) is 5.58. The predicted octanol–water partition coefficient (Wildman–Crippen LogP) is 2.95. The average molecular weight is 278 g/mol. The first-order valence-corrected chi connectivity index (χ1v) is 7.61. The molecular formula is C17H30N2O. The summed E-state index contributed by atoms with van der Waals surface area (Å²) in [5.41, 5.74) is 1.28. The fraction of sp³-hybridized carbons (Fsp3) is 0.647. The number of nitrogens with one attached hydrogen (secondary N) is 1. The Bertz CT molecular complexity index is 381. The molecule has 0 aliphatic rings. The fourth-order valence-electron chi connectivity index (χ4n) is 2.55. The van der Waals surface area contributed by atoms with Gasteiger partial charge in [-0.15, -0.1) is 0 Å². The third-order valence-corrected chi connectivity index (χ3v) is 4.01. The molecule has 0 amide bonds. The lowest BCUT2D eigenvalue weighted by Crippen LogP contribution is -2.42. The first-order valence-electron chi connectivity index (χ1n) is 7.61.